The molecule has 0 N–H and O–H groups in total. The molecule has 0 spiro atoms. The summed E-state index contributed by atoms with van der Waals surface area (Å²) in [6.45, 7) is 53.2. The zero-order valence-corrected chi connectivity index (χ0v) is 67.2. The summed E-state index contributed by atoms with van der Waals surface area (Å²) in [4.78, 5) is 37.3. The predicted octanol–water partition coefficient (Wildman–Crippen LogP) is 24.7. The second kappa shape index (κ2) is 39.9. The summed E-state index contributed by atoms with van der Waals surface area (Å²) in [5.74, 6) is 0.0509. The summed E-state index contributed by atoms with van der Waals surface area (Å²) >= 11 is 0. The molecule has 8 aromatic heterocycles. The van der Waals surface area contributed by atoms with Crippen LogP contribution in [0.1, 0.15) is 217 Å². The molecule has 8 heterocycles. The molecule has 0 saturated carbocycles. The van der Waals surface area contributed by atoms with Gasteiger partial charge in [0.2, 0.25) is 17.6 Å². The van der Waals surface area contributed by atoms with E-state index in [1.807, 2.05) is 106 Å². The molecule has 3 aromatic carbocycles. The molecule has 0 aliphatic carbocycles. The van der Waals surface area contributed by atoms with Crippen LogP contribution in [0.15, 0.2) is 232 Å². The van der Waals surface area contributed by atoms with Crippen molar-refractivity contribution < 1.29 is 31.8 Å². The van der Waals surface area contributed by atoms with Crippen molar-refractivity contribution in [2.75, 3.05) is 0 Å². The molecule has 16 heteroatoms. The zero-order chi connectivity index (χ0) is 79.3. The first-order chi connectivity index (χ1) is 49.3. The lowest BCUT2D eigenvalue weighted by atomic mass is 9.88. The molecule has 0 atom stereocenters. The number of pyridine rings is 7. The number of nitrogens with zero attached hydrogens (tertiary/aromatic N) is 9. The van der Waals surface area contributed by atoms with Crippen LogP contribution in [-0.4, -0.2) is 44.9 Å². The van der Waals surface area contributed by atoms with Crippen LogP contribution in [0.4, 0.5) is 17.6 Å². The summed E-state index contributed by atoms with van der Waals surface area (Å²) < 4.78 is 69.6. The quantitative estimate of drug-likeness (QED) is 0.146. The first-order valence-corrected chi connectivity index (χ1v) is 35.5. The van der Waals surface area contributed by atoms with E-state index in [0.29, 0.717) is 23.4 Å². The van der Waals surface area contributed by atoms with Gasteiger partial charge in [-0.3, -0.25) is 29.9 Å². The van der Waals surface area contributed by atoms with Crippen molar-refractivity contribution in [1.82, 2.24) is 44.9 Å². The average Bonchev–Trinajstić information content (AvgIpc) is 0.824. The van der Waals surface area contributed by atoms with E-state index in [1.165, 1.54) is 46.6 Å². The van der Waals surface area contributed by atoms with E-state index < -0.39 is 11.6 Å². The zero-order valence-electron chi connectivity index (χ0n) is 67.2. The van der Waals surface area contributed by atoms with E-state index >= 15 is 0 Å². The number of para-hydroxylation sites is 1. The van der Waals surface area contributed by atoms with Crippen molar-refractivity contribution in [2.45, 2.75) is 216 Å². The van der Waals surface area contributed by atoms with Gasteiger partial charge < -0.3 is 14.2 Å². The van der Waals surface area contributed by atoms with Gasteiger partial charge in [-0.15, -0.1) is 0 Å². The molecule has 11 rings (SSSR count). The second-order valence-corrected chi connectivity index (χ2v) is 33.3. The van der Waals surface area contributed by atoms with Gasteiger partial charge >= 0.3 is 0 Å². The molecule has 11 aromatic rings. The number of aromatic nitrogens is 9. The van der Waals surface area contributed by atoms with Crippen LogP contribution in [0.3, 0.4) is 0 Å². The predicted molar refractivity (Wildman–Crippen MR) is 425 cm³/mol. The Morgan fingerprint density at radius 1 is 0.274 bits per heavy atom. The standard InChI is InChI=1S/C15H15F2NO.2C15H16FNO.C10H15N.3C9H13N.C8H12N2/c1-15(2,3)11-5-4-8-18-14(11)19-13-7-6-10(16)9-12(13)17;1-15(2,3)13-5-4-10-17-14(13)18-12-8-6-11(16)7-9-12;1-15(2,3)11-7-6-10-17-14(11)18-13-9-5-4-8-12(13)16;1-8-6-5-7-11-9(8)10(2,3)4;1-9(2,3)8-4-6-10-7-5-8;1-9(2,3)8-5-4-6-10-7-8;1-9(2,3)8-6-4-5-7-10-8;1-8(2,3)7-6-9-4-5-10-7/h4-9H,1-3H3;2*4-10H,1-3H3;5-7H,1-4H3;3*4-7H,1-3H3;4-6H,1-3H3. The summed E-state index contributed by atoms with van der Waals surface area (Å²) in [7, 11) is 0. The Morgan fingerprint density at radius 2 is 0.708 bits per heavy atom. The number of aryl methyl sites for hydroxylation is 1. The highest BCUT2D eigenvalue weighted by Gasteiger charge is 2.24. The highest BCUT2D eigenvalue weighted by Crippen LogP contribution is 2.36. The number of hydrogen-bond donors (Lipinski definition) is 0. The summed E-state index contributed by atoms with van der Waals surface area (Å²) in [5, 5.41) is 0. The van der Waals surface area contributed by atoms with Gasteiger partial charge in [-0.25, -0.2) is 32.5 Å². The molecule has 0 radical (unpaired) electrons. The van der Waals surface area contributed by atoms with Gasteiger partial charge in [-0.05, 0) is 154 Å². The van der Waals surface area contributed by atoms with E-state index in [4.69, 9.17) is 14.2 Å². The number of hydrogen-bond acceptors (Lipinski definition) is 12. The fraction of sp³-hybridized carbons (Fsp3) is 0.367. The lowest BCUT2D eigenvalue weighted by molar-refractivity contribution is 0.407. The Kier molecular flexibility index (Phi) is 33.2. The van der Waals surface area contributed by atoms with Gasteiger partial charge in [0.25, 0.3) is 0 Å². The van der Waals surface area contributed by atoms with Crippen molar-refractivity contribution in [3.05, 3.63) is 306 Å². The number of ether oxygens (including phenoxy) is 3. The molecule has 106 heavy (non-hydrogen) atoms. The highest BCUT2D eigenvalue weighted by atomic mass is 19.1. The molecule has 564 valence electrons. The fourth-order valence-electron chi connectivity index (χ4n) is 9.46. The van der Waals surface area contributed by atoms with E-state index in [2.05, 4.69) is 228 Å². The minimum Gasteiger partial charge on any atom is -0.439 e. The summed E-state index contributed by atoms with van der Waals surface area (Å²) in [5.41, 5.74) is 10.7. The van der Waals surface area contributed by atoms with Crippen molar-refractivity contribution >= 4 is 0 Å². The number of rotatable bonds is 6. The van der Waals surface area contributed by atoms with Gasteiger partial charge in [-0.1, -0.05) is 215 Å². The maximum absolute atomic E-state index is 13.6. The normalized spacial score (nSPS) is 11.4. The SMILES string of the molecule is CC(C)(C)c1ccccn1.CC(C)(C)c1cccnc1.CC(C)(C)c1cccnc1Oc1ccc(F)cc1.CC(C)(C)c1cccnc1Oc1ccc(F)cc1F.CC(C)(C)c1cccnc1Oc1ccccc1F.CC(C)(C)c1ccncc1.CC(C)(C)c1cnccn1.Cc1cccnc1C(C)(C)C. The summed E-state index contributed by atoms with van der Waals surface area (Å²) in [6, 6.07) is 45.1. The Balaban J connectivity index is 0.000000260. The van der Waals surface area contributed by atoms with E-state index in [9.17, 15) is 17.6 Å². The van der Waals surface area contributed by atoms with Crippen LogP contribution >= 0.6 is 0 Å². The van der Waals surface area contributed by atoms with Gasteiger partial charge in [-0.2, -0.15) is 0 Å². The van der Waals surface area contributed by atoms with Crippen LogP contribution in [0.25, 0.3) is 0 Å². The maximum Gasteiger partial charge on any atom is 0.223 e. The van der Waals surface area contributed by atoms with Crippen LogP contribution < -0.4 is 14.2 Å². The van der Waals surface area contributed by atoms with Crippen molar-refractivity contribution in [2.24, 2.45) is 0 Å². The van der Waals surface area contributed by atoms with Gasteiger partial charge in [0, 0.05) is 125 Å². The first-order valence-electron chi connectivity index (χ1n) is 35.5. The second-order valence-electron chi connectivity index (χ2n) is 33.3. The fourth-order valence-corrected chi connectivity index (χ4v) is 9.46. The van der Waals surface area contributed by atoms with Gasteiger partial charge in [0.15, 0.2) is 23.1 Å². The third-order valence-corrected chi connectivity index (χ3v) is 15.5. The van der Waals surface area contributed by atoms with Crippen LogP contribution in [0.5, 0.6) is 34.9 Å². The van der Waals surface area contributed by atoms with Crippen molar-refractivity contribution in [3.8, 4) is 34.9 Å². The Hall–Kier alpha value is -10.1. The first kappa shape index (κ1) is 88.3. The summed E-state index contributed by atoms with van der Waals surface area (Å²) in [6.07, 6.45) is 21.2. The average molecular weight is 1440 g/mol. The van der Waals surface area contributed by atoms with Crippen LogP contribution in [0, 0.1) is 30.2 Å². The maximum atomic E-state index is 13.6. The monoisotopic (exact) mass is 1440 g/mol. The molecule has 0 unspecified atom stereocenters. The smallest absolute Gasteiger partial charge is 0.223 e. The van der Waals surface area contributed by atoms with Crippen molar-refractivity contribution in [1.29, 1.82) is 0 Å². The minimum atomic E-state index is -0.745. The third kappa shape index (κ3) is 31.7. The molecule has 0 amide bonds. The van der Waals surface area contributed by atoms with E-state index in [0.717, 1.165) is 40.2 Å². The number of benzene rings is 3. The molecule has 12 nitrogen and oxygen atoms in total. The van der Waals surface area contributed by atoms with Gasteiger partial charge in [0.1, 0.15) is 17.4 Å². The lowest BCUT2D eigenvalue weighted by Gasteiger charge is -2.21. The van der Waals surface area contributed by atoms with Crippen LogP contribution in [-0.2, 0) is 43.3 Å². The number of halogens is 4. The van der Waals surface area contributed by atoms with E-state index in [-0.39, 0.29) is 66.5 Å². The van der Waals surface area contributed by atoms with Gasteiger partial charge in [0.05, 0.1) is 5.69 Å². The minimum absolute atomic E-state index is 0.0365. The topological polar surface area (TPSA) is 144 Å². The largest absolute Gasteiger partial charge is 0.439 e. The van der Waals surface area contributed by atoms with Crippen LogP contribution in [0.2, 0.25) is 0 Å². The molecule has 0 fully saturated rings. The van der Waals surface area contributed by atoms with Crippen molar-refractivity contribution in [3.63, 3.8) is 0 Å². The Bertz CT molecular complexity index is 4140. The molecule has 0 bridgehead atoms. The molecular formula is C90H113F4N9O3. The highest BCUT2D eigenvalue weighted by molar-refractivity contribution is 5.40. The molecule has 0 saturated heterocycles. The molecule has 0 aliphatic rings. The Labute approximate surface area is 630 Å². The third-order valence-electron chi connectivity index (χ3n) is 15.5. The molecular weight excluding hydrogens is 1330 g/mol. The van der Waals surface area contributed by atoms with E-state index in [1.54, 1.807) is 79.8 Å². The Morgan fingerprint density at radius 3 is 1.08 bits per heavy atom. The molecule has 0 aliphatic heterocycles. The lowest BCUT2D eigenvalue weighted by Crippen LogP contribution is -2.14.